The van der Waals surface area contributed by atoms with Crippen molar-refractivity contribution in [1.29, 1.82) is 0 Å². The van der Waals surface area contributed by atoms with Crippen LogP contribution in [0.1, 0.15) is 38.7 Å². The SMILES string of the molecule is CCCOc1ccc(Oc2ncccc2CNC(=O)CCC(C)N)cc1.Cl.Cl. The Bertz CT molecular complexity index is 697. The first-order valence-corrected chi connectivity index (χ1v) is 8.95. The largest absolute Gasteiger partial charge is 0.494 e. The molecule has 0 spiro atoms. The number of benzene rings is 1. The fourth-order valence-corrected chi connectivity index (χ4v) is 2.23. The molecule has 0 saturated carbocycles. The Morgan fingerprint density at radius 2 is 1.86 bits per heavy atom. The van der Waals surface area contributed by atoms with Gasteiger partial charge in [-0.2, -0.15) is 0 Å². The minimum atomic E-state index is -0.0328. The van der Waals surface area contributed by atoms with E-state index in [9.17, 15) is 4.79 Å². The number of nitrogens with zero attached hydrogens (tertiary/aromatic N) is 1. The number of hydrogen-bond acceptors (Lipinski definition) is 5. The maximum absolute atomic E-state index is 11.9. The quantitative estimate of drug-likeness (QED) is 0.589. The van der Waals surface area contributed by atoms with E-state index < -0.39 is 0 Å². The molecule has 1 unspecified atom stereocenters. The molecule has 0 fully saturated rings. The van der Waals surface area contributed by atoms with Crippen LogP contribution in [0.4, 0.5) is 0 Å². The van der Waals surface area contributed by atoms with E-state index in [1.54, 1.807) is 6.20 Å². The number of carbonyl (C=O) groups is 1. The number of nitrogens with one attached hydrogen (secondary N) is 1. The van der Waals surface area contributed by atoms with Gasteiger partial charge in [-0.1, -0.05) is 13.0 Å². The predicted molar refractivity (Wildman–Crippen MR) is 116 cm³/mol. The highest BCUT2D eigenvalue weighted by atomic mass is 35.5. The lowest BCUT2D eigenvalue weighted by Gasteiger charge is -2.12. The van der Waals surface area contributed by atoms with Gasteiger partial charge >= 0.3 is 0 Å². The van der Waals surface area contributed by atoms with Crippen LogP contribution in [0.2, 0.25) is 0 Å². The van der Waals surface area contributed by atoms with Crippen molar-refractivity contribution in [2.75, 3.05) is 6.61 Å². The summed E-state index contributed by atoms with van der Waals surface area (Å²) >= 11 is 0. The number of ether oxygens (including phenoxy) is 2. The number of hydrogen-bond donors (Lipinski definition) is 2. The zero-order chi connectivity index (χ0) is 18.8. The third-order valence-corrected chi connectivity index (χ3v) is 3.66. The molecule has 0 aliphatic rings. The second-order valence-corrected chi connectivity index (χ2v) is 6.18. The van der Waals surface area contributed by atoms with Crippen molar-refractivity contribution < 1.29 is 14.3 Å². The van der Waals surface area contributed by atoms with Gasteiger partial charge in [0.1, 0.15) is 11.5 Å². The molecule has 0 aliphatic heterocycles. The number of aromatic nitrogens is 1. The van der Waals surface area contributed by atoms with Gasteiger partial charge in [0.05, 0.1) is 6.61 Å². The summed E-state index contributed by atoms with van der Waals surface area (Å²) in [5.41, 5.74) is 6.49. The first-order chi connectivity index (χ1) is 12.6. The molecule has 0 saturated heterocycles. The van der Waals surface area contributed by atoms with Crippen molar-refractivity contribution in [2.24, 2.45) is 5.73 Å². The molecule has 1 atom stereocenters. The number of pyridine rings is 1. The molecular weight excluding hydrogens is 401 g/mol. The molecule has 1 amide bonds. The molecule has 1 heterocycles. The average Bonchev–Trinajstić information content (AvgIpc) is 2.65. The Labute approximate surface area is 179 Å². The van der Waals surface area contributed by atoms with Crippen molar-refractivity contribution in [3.8, 4) is 17.4 Å². The lowest BCUT2D eigenvalue weighted by atomic mass is 10.2. The highest BCUT2D eigenvalue weighted by Gasteiger charge is 2.09. The topological polar surface area (TPSA) is 86.5 Å². The van der Waals surface area contributed by atoms with Gasteiger partial charge in [0, 0.05) is 30.8 Å². The predicted octanol–water partition coefficient (Wildman–Crippen LogP) is 4.25. The lowest BCUT2D eigenvalue weighted by molar-refractivity contribution is -0.121. The van der Waals surface area contributed by atoms with Crippen LogP contribution >= 0.6 is 24.8 Å². The second kappa shape index (κ2) is 14.0. The molecule has 2 aromatic rings. The maximum Gasteiger partial charge on any atom is 0.224 e. The van der Waals surface area contributed by atoms with E-state index in [4.69, 9.17) is 15.2 Å². The van der Waals surface area contributed by atoms with E-state index in [1.165, 1.54) is 0 Å². The maximum atomic E-state index is 11.9. The fraction of sp³-hybridized carbons (Fsp3) is 0.400. The third-order valence-electron chi connectivity index (χ3n) is 3.66. The minimum Gasteiger partial charge on any atom is -0.494 e. The van der Waals surface area contributed by atoms with Gasteiger partial charge in [-0.05, 0) is 50.1 Å². The molecule has 3 N–H and O–H groups in total. The zero-order valence-corrected chi connectivity index (χ0v) is 17.9. The fourth-order valence-electron chi connectivity index (χ4n) is 2.23. The first kappa shape index (κ1) is 26.0. The second-order valence-electron chi connectivity index (χ2n) is 6.18. The summed E-state index contributed by atoms with van der Waals surface area (Å²) in [5.74, 6) is 1.91. The highest BCUT2D eigenvalue weighted by molar-refractivity contribution is 5.85. The minimum absolute atomic E-state index is 0. The van der Waals surface area contributed by atoms with Crippen LogP contribution < -0.4 is 20.5 Å². The zero-order valence-electron chi connectivity index (χ0n) is 16.2. The van der Waals surface area contributed by atoms with E-state index >= 15 is 0 Å². The van der Waals surface area contributed by atoms with Crippen LogP contribution in [0.15, 0.2) is 42.6 Å². The normalized spacial score (nSPS) is 10.8. The highest BCUT2D eigenvalue weighted by Crippen LogP contribution is 2.25. The van der Waals surface area contributed by atoms with Gasteiger partial charge in [0.25, 0.3) is 0 Å². The number of carbonyl (C=O) groups excluding carboxylic acids is 1. The number of nitrogens with two attached hydrogens (primary N) is 1. The summed E-state index contributed by atoms with van der Waals surface area (Å²) in [4.78, 5) is 16.1. The summed E-state index contributed by atoms with van der Waals surface area (Å²) < 4.78 is 11.4. The number of halogens is 2. The van der Waals surface area contributed by atoms with Crippen LogP contribution in [0.3, 0.4) is 0 Å². The molecule has 156 valence electrons. The van der Waals surface area contributed by atoms with E-state index in [0.29, 0.717) is 37.6 Å². The van der Waals surface area contributed by atoms with Crippen molar-refractivity contribution in [1.82, 2.24) is 10.3 Å². The molecule has 0 radical (unpaired) electrons. The van der Waals surface area contributed by atoms with Crippen LogP contribution in [-0.4, -0.2) is 23.5 Å². The molecular formula is C20H29Cl2N3O3. The van der Waals surface area contributed by atoms with Gasteiger partial charge in [-0.25, -0.2) is 4.98 Å². The van der Waals surface area contributed by atoms with E-state index in [0.717, 1.165) is 17.7 Å². The summed E-state index contributed by atoms with van der Waals surface area (Å²) in [5, 5.41) is 2.88. The average molecular weight is 430 g/mol. The smallest absolute Gasteiger partial charge is 0.224 e. The van der Waals surface area contributed by atoms with Crippen molar-refractivity contribution in [3.05, 3.63) is 48.2 Å². The molecule has 8 heteroatoms. The molecule has 1 aromatic heterocycles. The third kappa shape index (κ3) is 9.26. The van der Waals surface area contributed by atoms with Crippen LogP contribution in [0.25, 0.3) is 0 Å². The standard InChI is InChI=1S/C20H27N3O3.2ClH/c1-3-13-25-17-7-9-18(10-8-17)26-20-16(5-4-12-22-20)14-23-19(24)11-6-15(2)21;;/h4-5,7-10,12,15H,3,6,11,13-14,21H2,1-2H3,(H,23,24);2*1H. The van der Waals surface area contributed by atoms with Crippen LogP contribution in [-0.2, 0) is 11.3 Å². The van der Waals surface area contributed by atoms with Crippen molar-refractivity contribution in [2.45, 2.75) is 45.7 Å². The Hall–Kier alpha value is -2.02. The Morgan fingerprint density at radius 3 is 2.50 bits per heavy atom. The van der Waals surface area contributed by atoms with Gasteiger partial charge in [-0.3, -0.25) is 4.79 Å². The monoisotopic (exact) mass is 429 g/mol. The Kier molecular flexibility index (Phi) is 13.0. The van der Waals surface area contributed by atoms with E-state index in [2.05, 4.69) is 17.2 Å². The Morgan fingerprint density at radius 1 is 1.18 bits per heavy atom. The molecule has 2 rings (SSSR count). The van der Waals surface area contributed by atoms with E-state index in [-0.39, 0.29) is 36.8 Å². The molecule has 0 aliphatic carbocycles. The van der Waals surface area contributed by atoms with Gasteiger partial charge in [-0.15, -0.1) is 24.8 Å². The molecule has 0 bridgehead atoms. The number of amides is 1. The summed E-state index contributed by atoms with van der Waals surface area (Å²) in [6.45, 7) is 5.00. The lowest BCUT2D eigenvalue weighted by Crippen LogP contribution is -2.25. The summed E-state index contributed by atoms with van der Waals surface area (Å²) in [6, 6.07) is 11.1. The van der Waals surface area contributed by atoms with Crippen LogP contribution in [0, 0.1) is 0 Å². The number of rotatable bonds is 10. The summed E-state index contributed by atoms with van der Waals surface area (Å²) in [7, 11) is 0. The van der Waals surface area contributed by atoms with E-state index in [1.807, 2.05) is 43.3 Å². The van der Waals surface area contributed by atoms with Gasteiger partial charge in [0.2, 0.25) is 11.8 Å². The van der Waals surface area contributed by atoms with Gasteiger partial charge < -0.3 is 20.5 Å². The van der Waals surface area contributed by atoms with Crippen molar-refractivity contribution >= 4 is 30.7 Å². The first-order valence-electron chi connectivity index (χ1n) is 8.95. The van der Waals surface area contributed by atoms with Crippen molar-refractivity contribution in [3.63, 3.8) is 0 Å². The molecule has 6 nitrogen and oxygen atoms in total. The van der Waals surface area contributed by atoms with Crippen LogP contribution in [0.5, 0.6) is 17.4 Å². The summed E-state index contributed by atoms with van der Waals surface area (Å²) in [6.07, 6.45) is 3.70. The van der Waals surface area contributed by atoms with Gasteiger partial charge in [0.15, 0.2) is 0 Å². The molecule has 1 aromatic carbocycles. The Balaban J connectivity index is 0.00000364. The molecule has 28 heavy (non-hydrogen) atoms.